The molecule has 0 bridgehead atoms. The van der Waals surface area contributed by atoms with E-state index < -0.39 is 17.3 Å². The molecule has 0 aromatic carbocycles. The minimum atomic E-state index is -0.595. The molecular formula is C32H48O7. The van der Waals surface area contributed by atoms with Gasteiger partial charge in [0.15, 0.2) is 23.1 Å². The average Bonchev–Trinajstić information content (AvgIpc) is 3.11. The van der Waals surface area contributed by atoms with Crippen LogP contribution in [0.5, 0.6) is 0 Å². The van der Waals surface area contributed by atoms with E-state index in [0.717, 1.165) is 22.5 Å². The Kier molecular flexibility index (Phi) is 9.16. The van der Waals surface area contributed by atoms with E-state index in [4.69, 9.17) is 9.47 Å². The molecule has 1 heterocycles. The summed E-state index contributed by atoms with van der Waals surface area (Å²) in [5.74, 6) is 0.712. The number of ether oxygens (including phenoxy) is 2. The highest BCUT2D eigenvalue weighted by molar-refractivity contribution is 6.13. The molecule has 0 aromatic rings. The number of aliphatic hydroxyl groups is 1. The number of fused-ring (bicyclic) bond motifs is 1. The molecule has 2 unspecified atom stereocenters. The molecule has 218 valence electrons. The molecule has 1 saturated heterocycles. The Morgan fingerprint density at radius 1 is 0.641 bits per heavy atom. The number of carbonyl (C=O) groups is 4. The molecule has 4 rings (SSSR count). The van der Waals surface area contributed by atoms with Gasteiger partial charge in [0.1, 0.15) is 11.9 Å². The third-order valence-corrected chi connectivity index (χ3v) is 8.38. The molecule has 7 heteroatoms. The molecule has 0 radical (unpaired) electrons. The average molecular weight is 545 g/mol. The fourth-order valence-electron chi connectivity index (χ4n) is 5.55. The van der Waals surface area contributed by atoms with Gasteiger partial charge in [-0.15, -0.1) is 0 Å². The minimum Gasteiger partial charge on any atom is -0.464 e. The van der Waals surface area contributed by atoms with Crippen LogP contribution < -0.4 is 0 Å². The summed E-state index contributed by atoms with van der Waals surface area (Å²) in [5, 5.41) is 9.59. The summed E-state index contributed by atoms with van der Waals surface area (Å²) in [6, 6.07) is 0. The van der Waals surface area contributed by atoms with Crippen LogP contribution >= 0.6 is 0 Å². The smallest absolute Gasteiger partial charge is 0.205 e. The van der Waals surface area contributed by atoms with Crippen molar-refractivity contribution in [3.05, 3.63) is 33.6 Å². The van der Waals surface area contributed by atoms with E-state index in [0.29, 0.717) is 30.4 Å². The minimum absolute atomic E-state index is 0.0484. The van der Waals surface area contributed by atoms with Gasteiger partial charge in [0.2, 0.25) is 5.79 Å². The Labute approximate surface area is 234 Å². The van der Waals surface area contributed by atoms with Crippen molar-refractivity contribution in [2.24, 2.45) is 16.2 Å². The zero-order valence-electron chi connectivity index (χ0n) is 26.2. The maximum absolute atomic E-state index is 12.0. The van der Waals surface area contributed by atoms with E-state index in [1.165, 1.54) is 0 Å². The van der Waals surface area contributed by atoms with Crippen LogP contribution in [0.15, 0.2) is 33.6 Å². The molecule has 0 aromatic heterocycles. The van der Waals surface area contributed by atoms with Gasteiger partial charge in [-0.2, -0.15) is 0 Å². The molecule has 7 nitrogen and oxygen atoms in total. The zero-order chi connectivity index (χ0) is 30.5. The summed E-state index contributed by atoms with van der Waals surface area (Å²) in [6.45, 7) is 24.0. The summed E-state index contributed by atoms with van der Waals surface area (Å²) >= 11 is 0. The van der Waals surface area contributed by atoms with E-state index in [1.807, 2.05) is 69.2 Å². The lowest BCUT2D eigenvalue weighted by molar-refractivity contribution is -0.139. The van der Waals surface area contributed by atoms with Crippen molar-refractivity contribution >= 4 is 23.1 Å². The lowest BCUT2D eigenvalue weighted by Crippen LogP contribution is -2.36. The van der Waals surface area contributed by atoms with Crippen molar-refractivity contribution < 1.29 is 33.8 Å². The summed E-state index contributed by atoms with van der Waals surface area (Å²) in [6.07, 6.45) is 1.14. The van der Waals surface area contributed by atoms with Crippen LogP contribution in [0.25, 0.3) is 0 Å². The van der Waals surface area contributed by atoms with Crippen molar-refractivity contribution in [1.29, 1.82) is 0 Å². The fourth-order valence-corrected chi connectivity index (χ4v) is 5.55. The molecule has 1 N–H and O–H groups in total. The molecule has 4 aliphatic rings. The molecule has 0 spiro atoms. The highest BCUT2D eigenvalue weighted by Gasteiger charge is 2.48. The Bertz CT molecular complexity index is 1170. The number of ketones is 4. The SMILES string of the molecule is CC1=C(C)C(=O)C(C)(C)CC1=O.CC1=C(C)C(O)CC(C)(C)C1=O.CC1=C2OC(C)(C)OC2CC(C)(C)C1=O. The van der Waals surface area contributed by atoms with Crippen molar-refractivity contribution in [2.45, 2.75) is 127 Å². The summed E-state index contributed by atoms with van der Waals surface area (Å²) in [7, 11) is 0. The van der Waals surface area contributed by atoms with Gasteiger partial charge in [0, 0.05) is 42.1 Å². The number of allylic oxidation sites excluding steroid dienone is 4. The molecule has 3 aliphatic carbocycles. The molecule has 1 aliphatic heterocycles. The highest BCUT2D eigenvalue weighted by Crippen LogP contribution is 2.44. The standard InChI is InChI=1S/C12H18O3.C10H16O2.C10H14O2/c1-7-9-8(14-12(4,5)15-9)6-11(2,3)10(7)13;2*1-6-7(2)9(12)10(3,4)5-8(6)11/h8H,6H2,1-5H3;8,11H,5H2,1-4H3;5H2,1-4H3. The van der Waals surface area contributed by atoms with E-state index in [-0.39, 0.29) is 40.1 Å². The van der Waals surface area contributed by atoms with Gasteiger partial charge in [0.25, 0.3) is 0 Å². The number of hydrogen-bond acceptors (Lipinski definition) is 7. The van der Waals surface area contributed by atoms with Crippen LogP contribution in [0.3, 0.4) is 0 Å². The van der Waals surface area contributed by atoms with Gasteiger partial charge in [-0.25, -0.2) is 0 Å². The third kappa shape index (κ3) is 6.86. The van der Waals surface area contributed by atoms with Crippen LogP contribution in [-0.2, 0) is 28.7 Å². The molecule has 0 amide bonds. The Hall–Kier alpha value is -2.38. The van der Waals surface area contributed by atoms with Gasteiger partial charge in [-0.05, 0) is 69.8 Å². The first-order chi connectivity index (χ1) is 17.4. The topological polar surface area (TPSA) is 107 Å². The van der Waals surface area contributed by atoms with Gasteiger partial charge < -0.3 is 14.6 Å². The van der Waals surface area contributed by atoms with Gasteiger partial charge in [-0.3, -0.25) is 19.2 Å². The lowest BCUT2D eigenvalue weighted by atomic mass is 9.72. The first-order valence-corrected chi connectivity index (χ1v) is 13.7. The molecule has 2 atom stereocenters. The van der Waals surface area contributed by atoms with E-state index >= 15 is 0 Å². The van der Waals surface area contributed by atoms with Crippen LogP contribution in [0.4, 0.5) is 0 Å². The van der Waals surface area contributed by atoms with Gasteiger partial charge in [-0.1, -0.05) is 41.5 Å². The van der Waals surface area contributed by atoms with E-state index in [2.05, 4.69) is 0 Å². The number of aliphatic hydroxyl groups excluding tert-OH is 1. The predicted octanol–water partition coefficient (Wildman–Crippen LogP) is 5.98. The third-order valence-electron chi connectivity index (χ3n) is 8.38. The second kappa shape index (κ2) is 10.9. The quantitative estimate of drug-likeness (QED) is 0.399. The highest BCUT2D eigenvalue weighted by atomic mass is 16.7. The molecular weight excluding hydrogens is 496 g/mol. The maximum atomic E-state index is 12.0. The first kappa shape index (κ1) is 32.8. The summed E-state index contributed by atoms with van der Waals surface area (Å²) in [5.41, 5.74) is 2.36. The monoisotopic (exact) mass is 544 g/mol. The van der Waals surface area contributed by atoms with Gasteiger partial charge in [0.05, 0.1) is 6.10 Å². The van der Waals surface area contributed by atoms with Gasteiger partial charge >= 0.3 is 0 Å². The second-order valence-corrected chi connectivity index (χ2v) is 13.8. The van der Waals surface area contributed by atoms with Crippen LogP contribution in [0, 0.1) is 16.2 Å². The fraction of sp³-hybridized carbons (Fsp3) is 0.688. The Morgan fingerprint density at radius 2 is 1.10 bits per heavy atom. The van der Waals surface area contributed by atoms with E-state index in [1.54, 1.807) is 20.8 Å². The first-order valence-electron chi connectivity index (χ1n) is 13.7. The number of hydrogen-bond donors (Lipinski definition) is 1. The van der Waals surface area contributed by atoms with Crippen LogP contribution in [0.2, 0.25) is 0 Å². The van der Waals surface area contributed by atoms with Crippen molar-refractivity contribution in [2.75, 3.05) is 0 Å². The number of carbonyl (C=O) groups excluding carboxylic acids is 4. The second-order valence-electron chi connectivity index (χ2n) is 13.8. The largest absolute Gasteiger partial charge is 0.464 e. The van der Waals surface area contributed by atoms with Crippen molar-refractivity contribution in [1.82, 2.24) is 0 Å². The van der Waals surface area contributed by atoms with Crippen LogP contribution in [-0.4, -0.2) is 46.2 Å². The molecule has 1 fully saturated rings. The van der Waals surface area contributed by atoms with E-state index in [9.17, 15) is 24.3 Å². The normalized spacial score (nSPS) is 28.8. The molecule has 39 heavy (non-hydrogen) atoms. The summed E-state index contributed by atoms with van der Waals surface area (Å²) < 4.78 is 11.4. The van der Waals surface area contributed by atoms with Crippen LogP contribution in [0.1, 0.15) is 109 Å². The van der Waals surface area contributed by atoms with Crippen molar-refractivity contribution in [3.8, 4) is 0 Å². The zero-order valence-corrected chi connectivity index (χ0v) is 26.2. The maximum Gasteiger partial charge on any atom is 0.205 e. The Morgan fingerprint density at radius 3 is 1.64 bits per heavy atom. The lowest BCUT2D eigenvalue weighted by Gasteiger charge is -2.32. The molecule has 0 saturated carbocycles. The number of Topliss-reactive ketones (excluding diaryl/α,β-unsaturated/α-hetero) is 4. The van der Waals surface area contributed by atoms with Crippen molar-refractivity contribution in [3.63, 3.8) is 0 Å². The predicted molar refractivity (Wildman–Crippen MR) is 151 cm³/mol. The summed E-state index contributed by atoms with van der Waals surface area (Å²) in [4.78, 5) is 46.6. The Balaban J connectivity index is 0.000000207. The number of rotatable bonds is 0.